The van der Waals surface area contributed by atoms with E-state index in [1.807, 2.05) is 52.9 Å². The van der Waals surface area contributed by atoms with E-state index in [1.165, 1.54) is 0 Å². The quantitative estimate of drug-likeness (QED) is 0.784. The molecular formula is C19H21N5O2. The molecule has 4 rings (SSSR count). The highest BCUT2D eigenvalue weighted by atomic mass is 16.5. The molecule has 26 heavy (non-hydrogen) atoms. The summed E-state index contributed by atoms with van der Waals surface area (Å²) >= 11 is 0. The molecule has 0 aliphatic carbocycles. The van der Waals surface area contributed by atoms with E-state index in [4.69, 9.17) is 4.74 Å². The Morgan fingerprint density at radius 1 is 1.23 bits per heavy atom. The van der Waals surface area contributed by atoms with Gasteiger partial charge >= 0.3 is 0 Å². The lowest BCUT2D eigenvalue weighted by Gasteiger charge is -2.18. The summed E-state index contributed by atoms with van der Waals surface area (Å²) in [4.78, 5) is 14.7. The molecular weight excluding hydrogens is 330 g/mol. The number of aromatic amines is 1. The number of aryl methyl sites for hydroxylation is 2. The molecule has 3 aromatic rings. The average molecular weight is 351 g/mol. The number of nitrogens with zero attached hydrogens (tertiary/aromatic N) is 4. The Morgan fingerprint density at radius 2 is 2.08 bits per heavy atom. The van der Waals surface area contributed by atoms with Crippen molar-refractivity contribution in [3.63, 3.8) is 0 Å². The molecule has 0 fully saturated rings. The van der Waals surface area contributed by atoms with Crippen LogP contribution in [0, 0.1) is 6.92 Å². The van der Waals surface area contributed by atoms with Crippen molar-refractivity contribution >= 4 is 5.91 Å². The van der Waals surface area contributed by atoms with Gasteiger partial charge in [0.15, 0.2) is 5.69 Å². The lowest BCUT2D eigenvalue weighted by atomic mass is 10.3. The first-order valence-corrected chi connectivity index (χ1v) is 8.74. The highest BCUT2D eigenvalue weighted by molar-refractivity contribution is 5.92. The molecule has 0 saturated carbocycles. The number of aromatic nitrogens is 4. The number of amides is 1. The molecule has 0 radical (unpaired) electrons. The Balaban J connectivity index is 1.43. The van der Waals surface area contributed by atoms with Gasteiger partial charge in [0.1, 0.15) is 12.4 Å². The normalized spacial score (nSPS) is 14.0. The highest BCUT2D eigenvalue weighted by Crippen LogP contribution is 2.16. The van der Waals surface area contributed by atoms with Crippen LogP contribution < -0.4 is 4.74 Å². The van der Waals surface area contributed by atoms with Crippen molar-refractivity contribution in [2.45, 2.75) is 33.0 Å². The summed E-state index contributed by atoms with van der Waals surface area (Å²) in [5.74, 6) is 0.714. The van der Waals surface area contributed by atoms with E-state index in [2.05, 4.69) is 15.3 Å². The maximum Gasteiger partial charge on any atom is 0.274 e. The predicted octanol–water partition coefficient (Wildman–Crippen LogP) is 2.54. The lowest BCUT2D eigenvalue weighted by Crippen LogP contribution is -2.31. The molecule has 3 heterocycles. The summed E-state index contributed by atoms with van der Waals surface area (Å²) in [7, 11) is 0. The smallest absolute Gasteiger partial charge is 0.274 e. The van der Waals surface area contributed by atoms with Crippen LogP contribution in [0.2, 0.25) is 0 Å². The summed E-state index contributed by atoms with van der Waals surface area (Å²) in [6.07, 6.45) is 0.883. The summed E-state index contributed by atoms with van der Waals surface area (Å²) in [6, 6.07) is 13.4. The van der Waals surface area contributed by atoms with Gasteiger partial charge in [-0.2, -0.15) is 10.2 Å². The number of para-hydroxylation sites is 1. The van der Waals surface area contributed by atoms with Gasteiger partial charge in [0.25, 0.3) is 5.91 Å². The first-order valence-electron chi connectivity index (χ1n) is 8.74. The average Bonchev–Trinajstić information content (AvgIpc) is 3.21. The summed E-state index contributed by atoms with van der Waals surface area (Å²) in [6.45, 7) is 4.41. The number of fused-ring (bicyclic) bond motifs is 1. The Hall–Kier alpha value is -3.09. The fraction of sp³-hybridized carbons (Fsp3) is 0.316. The third kappa shape index (κ3) is 3.46. The van der Waals surface area contributed by atoms with Crippen LogP contribution in [0.25, 0.3) is 0 Å². The third-order valence-corrected chi connectivity index (χ3v) is 4.41. The second kappa shape index (κ2) is 7.03. The molecule has 1 aliphatic rings. The van der Waals surface area contributed by atoms with E-state index >= 15 is 0 Å². The number of ether oxygens (including phenoxy) is 1. The van der Waals surface area contributed by atoms with E-state index in [9.17, 15) is 4.79 Å². The minimum Gasteiger partial charge on any atom is -0.487 e. The standard InChI is InChI=1S/C19H21N5O2/c1-14-10-16-12-23(8-5-9-24(16)22-14)19(25)18-11-15(20-21-18)13-26-17-6-3-2-4-7-17/h2-4,6-7,10-11H,5,8-9,12-13H2,1H3,(H,20,21). The second-order valence-corrected chi connectivity index (χ2v) is 6.46. The largest absolute Gasteiger partial charge is 0.487 e. The number of H-pyrrole nitrogens is 1. The fourth-order valence-corrected chi connectivity index (χ4v) is 3.16. The van der Waals surface area contributed by atoms with Gasteiger partial charge in [-0.25, -0.2) is 0 Å². The van der Waals surface area contributed by atoms with Gasteiger partial charge in [-0.05, 0) is 37.6 Å². The van der Waals surface area contributed by atoms with Crippen molar-refractivity contribution in [2.75, 3.05) is 6.54 Å². The number of carbonyl (C=O) groups is 1. The second-order valence-electron chi connectivity index (χ2n) is 6.46. The lowest BCUT2D eigenvalue weighted by molar-refractivity contribution is 0.0739. The molecule has 134 valence electrons. The van der Waals surface area contributed by atoms with Gasteiger partial charge in [-0.15, -0.1) is 0 Å². The van der Waals surface area contributed by atoms with Crippen LogP contribution in [0.4, 0.5) is 0 Å². The minimum atomic E-state index is -0.0699. The molecule has 7 nitrogen and oxygen atoms in total. The van der Waals surface area contributed by atoms with Crippen molar-refractivity contribution in [3.05, 3.63) is 65.2 Å². The molecule has 1 aromatic carbocycles. The maximum atomic E-state index is 12.8. The number of hydrogen-bond donors (Lipinski definition) is 1. The number of hydrogen-bond acceptors (Lipinski definition) is 4. The van der Waals surface area contributed by atoms with Crippen LogP contribution in [-0.2, 0) is 19.7 Å². The first kappa shape index (κ1) is 16.4. The third-order valence-electron chi connectivity index (χ3n) is 4.41. The van der Waals surface area contributed by atoms with Crippen molar-refractivity contribution in [3.8, 4) is 5.75 Å². The zero-order chi connectivity index (χ0) is 17.9. The van der Waals surface area contributed by atoms with Crippen molar-refractivity contribution < 1.29 is 9.53 Å². The van der Waals surface area contributed by atoms with E-state index in [1.54, 1.807) is 6.07 Å². The van der Waals surface area contributed by atoms with Gasteiger partial charge in [0.2, 0.25) is 0 Å². The van der Waals surface area contributed by atoms with Gasteiger partial charge < -0.3 is 9.64 Å². The van der Waals surface area contributed by atoms with E-state index < -0.39 is 0 Å². The molecule has 1 amide bonds. The van der Waals surface area contributed by atoms with Gasteiger partial charge in [0.05, 0.1) is 23.6 Å². The van der Waals surface area contributed by atoms with Crippen LogP contribution in [0.1, 0.15) is 34.0 Å². The van der Waals surface area contributed by atoms with E-state index in [0.717, 1.165) is 35.8 Å². The Kier molecular flexibility index (Phi) is 4.43. The van der Waals surface area contributed by atoms with Crippen LogP contribution in [0.3, 0.4) is 0 Å². The number of benzene rings is 1. The maximum absolute atomic E-state index is 12.8. The molecule has 0 unspecified atom stereocenters. The fourth-order valence-electron chi connectivity index (χ4n) is 3.16. The van der Waals surface area contributed by atoms with Crippen molar-refractivity contribution in [2.24, 2.45) is 0 Å². The SMILES string of the molecule is Cc1cc2n(n1)CCCN(C(=O)c1cc(COc3ccccc3)[nH]n1)C2. The zero-order valence-corrected chi connectivity index (χ0v) is 14.7. The van der Waals surface area contributed by atoms with Crippen LogP contribution in [0.15, 0.2) is 42.5 Å². The Labute approximate surface area is 151 Å². The number of rotatable bonds is 4. The molecule has 0 saturated heterocycles. The van der Waals surface area contributed by atoms with Gasteiger partial charge in [0, 0.05) is 13.1 Å². The number of nitrogens with one attached hydrogen (secondary N) is 1. The van der Waals surface area contributed by atoms with Gasteiger partial charge in [-0.1, -0.05) is 18.2 Å². The van der Waals surface area contributed by atoms with Crippen molar-refractivity contribution in [1.29, 1.82) is 0 Å². The predicted molar refractivity (Wildman–Crippen MR) is 95.7 cm³/mol. The monoisotopic (exact) mass is 351 g/mol. The summed E-state index contributed by atoms with van der Waals surface area (Å²) in [5.41, 5.74) is 3.24. The van der Waals surface area contributed by atoms with Crippen LogP contribution in [0.5, 0.6) is 5.75 Å². The minimum absolute atomic E-state index is 0.0699. The van der Waals surface area contributed by atoms with Crippen molar-refractivity contribution in [1.82, 2.24) is 24.9 Å². The molecule has 7 heteroatoms. The zero-order valence-electron chi connectivity index (χ0n) is 14.7. The molecule has 2 aromatic heterocycles. The summed E-state index contributed by atoms with van der Waals surface area (Å²) in [5, 5.41) is 11.5. The van der Waals surface area contributed by atoms with Gasteiger partial charge in [-0.3, -0.25) is 14.6 Å². The Morgan fingerprint density at radius 3 is 2.92 bits per heavy atom. The number of carbonyl (C=O) groups excluding carboxylic acids is 1. The molecule has 0 atom stereocenters. The molecule has 0 spiro atoms. The highest BCUT2D eigenvalue weighted by Gasteiger charge is 2.23. The van der Waals surface area contributed by atoms with Crippen LogP contribution in [-0.4, -0.2) is 37.3 Å². The molecule has 0 bridgehead atoms. The molecule has 1 aliphatic heterocycles. The Bertz CT molecular complexity index is 900. The molecule has 1 N–H and O–H groups in total. The van der Waals surface area contributed by atoms with Crippen LogP contribution >= 0.6 is 0 Å². The first-order chi connectivity index (χ1) is 12.7. The topological polar surface area (TPSA) is 76.0 Å². The van der Waals surface area contributed by atoms with E-state index in [-0.39, 0.29) is 5.91 Å². The summed E-state index contributed by atoms with van der Waals surface area (Å²) < 4.78 is 7.68. The van der Waals surface area contributed by atoms with E-state index in [0.29, 0.717) is 25.4 Å².